The maximum absolute atomic E-state index is 12.9. The van der Waals surface area contributed by atoms with E-state index in [0.717, 1.165) is 50.1 Å². The van der Waals surface area contributed by atoms with Gasteiger partial charge < -0.3 is 14.4 Å². The van der Waals surface area contributed by atoms with Gasteiger partial charge in [0, 0.05) is 49.0 Å². The normalized spacial score (nSPS) is 21.5. The second kappa shape index (κ2) is 12.3. The molecule has 258 valence electrons. The number of carbonyl (C=O) groups is 2. The Morgan fingerprint density at radius 3 is 2.48 bits per heavy atom. The predicted molar refractivity (Wildman–Crippen MR) is 183 cm³/mol. The van der Waals surface area contributed by atoms with E-state index in [-0.39, 0.29) is 28.3 Å². The van der Waals surface area contributed by atoms with Gasteiger partial charge in [-0.15, -0.1) is 5.10 Å². The minimum absolute atomic E-state index is 0.0904. The van der Waals surface area contributed by atoms with E-state index in [9.17, 15) is 9.59 Å². The molecule has 4 fully saturated rings. The monoisotopic (exact) mass is 695 g/mol. The molecule has 4 aliphatic rings. The summed E-state index contributed by atoms with van der Waals surface area (Å²) in [6, 6.07) is 7.06. The summed E-state index contributed by atoms with van der Waals surface area (Å²) in [6.45, 7) is 12.0. The first-order chi connectivity index (χ1) is 22.8. The van der Waals surface area contributed by atoms with Crippen molar-refractivity contribution < 1.29 is 19.1 Å². The van der Waals surface area contributed by atoms with Crippen molar-refractivity contribution in [3.63, 3.8) is 0 Å². The average molecular weight is 696 g/mol. The fourth-order valence-electron chi connectivity index (χ4n) is 8.31. The lowest BCUT2D eigenvalue weighted by atomic mass is 9.93. The lowest BCUT2D eigenvalue weighted by Crippen LogP contribution is -2.45. The number of halogens is 1. The summed E-state index contributed by atoms with van der Waals surface area (Å²) in [6.07, 6.45) is 13.1. The Balaban J connectivity index is 0.840. The van der Waals surface area contributed by atoms with Gasteiger partial charge in [0.05, 0.1) is 12.2 Å². The van der Waals surface area contributed by atoms with Gasteiger partial charge in [-0.2, -0.15) is 5.10 Å². The highest BCUT2D eigenvalue weighted by atomic mass is 35.5. The molecule has 0 radical (unpaired) electrons. The minimum Gasteiger partial charge on any atom is -0.477 e. The molecule has 1 N–H and O–H groups in total. The van der Waals surface area contributed by atoms with Crippen LogP contribution in [0, 0.1) is 22.7 Å². The van der Waals surface area contributed by atoms with Crippen LogP contribution >= 0.6 is 23.5 Å². The number of amides is 2. The summed E-state index contributed by atoms with van der Waals surface area (Å²) in [7, 11) is 0. The van der Waals surface area contributed by atoms with Crippen LogP contribution in [-0.2, 0) is 11.3 Å². The molecule has 1 atom stereocenters. The lowest BCUT2D eigenvalue weighted by Gasteiger charge is -2.33. The number of nitrogens with one attached hydrogen (secondary N) is 1. The SMILES string of the molecule is CC(C)(C)OC(=O)N1CC(CCCn2ccc(SNC(=O)c3ccc(-n4ccc(OCCC5C6(CC6)C56CC6)n4)nc3Cl)n2)CC1(C)C. The third kappa shape index (κ3) is 6.66. The quantitative estimate of drug-likeness (QED) is 0.155. The van der Waals surface area contributed by atoms with Gasteiger partial charge in [-0.3, -0.25) is 14.2 Å². The summed E-state index contributed by atoms with van der Waals surface area (Å²) in [5.74, 6) is 1.97. The second-order valence-electron chi connectivity index (χ2n) is 15.7. The average Bonchev–Trinajstić information content (AvgIpc) is 3.93. The van der Waals surface area contributed by atoms with E-state index < -0.39 is 5.60 Å². The number of aryl methyl sites for hydroxylation is 1. The fourth-order valence-corrected chi connectivity index (χ4v) is 9.12. The zero-order valence-electron chi connectivity index (χ0n) is 28.5. The Bertz CT molecular complexity index is 1670. The van der Waals surface area contributed by atoms with Crippen LogP contribution in [0.5, 0.6) is 5.88 Å². The largest absolute Gasteiger partial charge is 0.477 e. The van der Waals surface area contributed by atoms with E-state index in [1.807, 2.05) is 48.7 Å². The molecule has 48 heavy (non-hydrogen) atoms. The Hall–Kier alpha value is -3.25. The van der Waals surface area contributed by atoms with Crippen molar-refractivity contribution in [1.82, 2.24) is 34.2 Å². The highest BCUT2D eigenvalue weighted by Crippen LogP contribution is 2.93. The molecule has 3 aromatic heterocycles. The van der Waals surface area contributed by atoms with E-state index in [1.165, 1.54) is 25.7 Å². The molecule has 3 aliphatic carbocycles. The van der Waals surface area contributed by atoms with Crippen molar-refractivity contribution in [3.8, 4) is 11.7 Å². The van der Waals surface area contributed by atoms with E-state index in [0.29, 0.717) is 46.6 Å². The maximum atomic E-state index is 12.9. The molecule has 1 saturated heterocycles. The first-order valence-corrected chi connectivity index (χ1v) is 18.3. The van der Waals surface area contributed by atoms with Gasteiger partial charge in [0.1, 0.15) is 15.8 Å². The molecule has 0 bridgehead atoms. The molecule has 0 aromatic carbocycles. The number of likely N-dealkylation sites (tertiary alicyclic amines) is 1. The number of nitrogens with zero attached hydrogens (tertiary/aromatic N) is 6. The van der Waals surface area contributed by atoms with Gasteiger partial charge in [-0.05, 0) is 127 Å². The van der Waals surface area contributed by atoms with Crippen LogP contribution in [0.3, 0.4) is 0 Å². The zero-order valence-corrected chi connectivity index (χ0v) is 30.1. The smallest absolute Gasteiger partial charge is 0.410 e. The maximum Gasteiger partial charge on any atom is 0.410 e. The minimum atomic E-state index is -0.511. The van der Waals surface area contributed by atoms with Gasteiger partial charge in [-0.25, -0.2) is 14.5 Å². The van der Waals surface area contributed by atoms with E-state index >= 15 is 0 Å². The summed E-state index contributed by atoms with van der Waals surface area (Å²) in [5.41, 5.74) is 0.903. The molecule has 13 heteroatoms. The van der Waals surface area contributed by atoms with Crippen LogP contribution in [-0.4, -0.2) is 65.7 Å². The van der Waals surface area contributed by atoms with Crippen LogP contribution in [0.1, 0.15) is 96.3 Å². The highest BCUT2D eigenvalue weighted by Gasteiger charge is 2.85. The Labute approximate surface area is 291 Å². The Kier molecular flexibility index (Phi) is 8.50. The molecule has 3 saturated carbocycles. The number of fused-ring (bicyclic) bond motifs is 1. The molecule has 1 unspecified atom stereocenters. The molecule has 1 aliphatic heterocycles. The number of pyridine rings is 1. The summed E-state index contributed by atoms with van der Waals surface area (Å²) in [5, 5.41) is 9.86. The number of rotatable bonds is 12. The fraction of sp³-hybridized carbons (Fsp3) is 0.629. The van der Waals surface area contributed by atoms with Gasteiger partial charge >= 0.3 is 6.09 Å². The molecule has 7 rings (SSSR count). The molecular weight excluding hydrogens is 650 g/mol. The summed E-state index contributed by atoms with van der Waals surface area (Å²) >= 11 is 7.57. The van der Waals surface area contributed by atoms with Crippen molar-refractivity contribution in [2.75, 3.05) is 13.2 Å². The first-order valence-electron chi connectivity index (χ1n) is 17.2. The summed E-state index contributed by atoms with van der Waals surface area (Å²) in [4.78, 5) is 31.9. The molecule has 2 spiro atoms. The van der Waals surface area contributed by atoms with Crippen molar-refractivity contribution in [2.45, 2.75) is 109 Å². The first kappa shape index (κ1) is 33.3. The zero-order chi connectivity index (χ0) is 33.9. The Morgan fingerprint density at radius 1 is 1.04 bits per heavy atom. The number of carbonyl (C=O) groups excluding carboxylic acids is 2. The third-order valence-electron chi connectivity index (χ3n) is 10.8. The lowest BCUT2D eigenvalue weighted by molar-refractivity contribution is 0.0130. The molecule has 2 amide bonds. The van der Waals surface area contributed by atoms with Crippen LogP contribution in [0.25, 0.3) is 5.82 Å². The van der Waals surface area contributed by atoms with Crippen molar-refractivity contribution in [3.05, 3.63) is 47.4 Å². The number of hydrogen-bond donors (Lipinski definition) is 1. The molecule has 4 heterocycles. The molecular formula is C35H46ClN7O4S. The van der Waals surface area contributed by atoms with E-state index in [1.54, 1.807) is 23.0 Å². The van der Waals surface area contributed by atoms with Crippen molar-refractivity contribution in [1.29, 1.82) is 0 Å². The number of hydrogen-bond acceptors (Lipinski definition) is 8. The van der Waals surface area contributed by atoms with Crippen molar-refractivity contribution >= 4 is 35.5 Å². The van der Waals surface area contributed by atoms with Crippen LogP contribution in [0.15, 0.2) is 41.7 Å². The van der Waals surface area contributed by atoms with Gasteiger partial charge in [0.25, 0.3) is 5.91 Å². The molecule has 11 nitrogen and oxygen atoms in total. The second-order valence-corrected chi connectivity index (χ2v) is 16.9. The van der Waals surface area contributed by atoms with Crippen LogP contribution in [0.2, 0.25) is 5.15 Å². The Morgan fingerprint density at radius 2 is 1.79 bits per heavy atom. The standard InChI is InChI=1S/C35H46ClN7O4S/c1-32(2,3)47-31(45)42-22-23(21-33(42,4)5)7-6-17-41-18-11-28(39-41)48-40-30(44)24-8-9-26(37-29(24)36)43-19-10-27(38-43)46-20-12-25-34(13-14-34)35(25)15-16-35/h8-11,18-19,23,25H,6-7,12-17,20-22H2,1-5H3,(H,40,44). The number of ether oxygens (including phenoxy) is 2. The van der Waals surface area contributed by atoms with Crippen LogP contribution < -0.4 is 9.46 Å². The highest BCUT2D eigenvalue weighted by molar-refractivity contribution is 7.97. The van der Waals surface area contributed by atoms with E-state index in [4.69, 9.17) is 21.1 Å². The third-order valence-corrected chi connectivity index (χ3v) is 11.8. The van der Waals surface area contributed by atoms with E-state index in [2.05, 4.69) is 33.8 Å². The number of aromatic nitrogens is 5. The predicted octanol–water partition coefficient (Wildman–Crippen LogP) is 7.33. The van der Waals surface area contributed by atoms with Gasteiger partial charge in [-0.1, -0.05) is 11.6 Å². The topological polar surface area (TPSA) is 116 Å². The van der Waals surface area contributed by atoms with Gasteiger partial charge in [0.2, 0.25) is 5.88 Å². The van der Waals surface area contributed by atoms with Gasteiger partial charge in [0.15, 0.2) is 5.82 Å². The summed E-state index contributed by atoms with van der Waals surface area (Å²) < 4.78 is 17.9. The molecule has 3 aromatic rings. The van der Waals surface area contributed by atoms with Crippen molar-refractivity contribution in [2.24, 2.45) is 22.7 Å². The van der Waals surface area contributed by atoms with Crippen LogP contribution in [0.4, 0.5) is 4.79 Å².